The lowest BCUT2D eigenvalue weighted by atomic mass is 9.94. The van der Waals surface area contributed by atoms with Gasteiger partial charge in [-0.05, 0) is 67.1 Å². The van der Waals surface area contributed by atoms with Crippen molar-refractivity contribution in [2.24, 2.45) is 0 Å². The minimum Gasteiger partial charge on any atom is -0.507 e. The van der Waals surface area contributed by atoms with Crippen molar-refractivity contribution < 1.29 is 38.4 Å². The largest absolute Gasteiger partial charge is 0.507 e. The number of carbonyl (C=O) groups is 2. The van der Waals surface area contributed by atoms with Gasteiger partial charge in [-0.3, -0.25) is 14.5 Å². The van der Waals surface area contributed by atoms with Crippen molar-refractivity contribution in [3.63, 3.8) is 0 Å². The van der Waals surface area contributed by atoms with Crippen molar-refractivity contribution in [3.8, 4) is 28.7 Å². The van der Waals surface area contributed by atoms with Crippen molar-refractivity contribution >= 4 is 23.1 Å². The van der Waals surface area contributed by atoms with Crippen molar-refractivity contribution in [3.05, 3.63) is 77.4 Å². The van der Waals surface area contributed by atoms with Gasteiger partial charge in [-0.15, -0.1) is 0 Å². The molecule has 3 aromatic carbocycles. The summed E-state index contributed by atoms with van der Waals surface area (Å²) in [6.07, 6.45) is 0. The maximum absolute atomic E-state index is 13.5. The number of Topliss-reactive ketones (excluding diaryl/α,β-unsaturated/α-hetero) is 1. The molecule has 9 nitrogen and oxygen atoms in total. The summed E-state index contributed by atoms with van der Waals surface area (Å²) < 4.78 is 27.7. The van der Waals surface area contributed by atoms with Gasteiger partial charge in [0.25, 0.3) is 11.7 Å². The molecular weight excluding hydrogens is 490 g/mol. The first-order valence-corrected chi connectivity index (χ1v) is 12.1. The fraction of sp³-hybridized carbons (Fsp3) is 0.241. The lowest BCUT2D eigenvalue weighted by Crippen LogP contribution is -2.29. The Morgan fingerprint density at radius 1 is 0.921 bits per heavy atom. The zero-order valence-electron chi connectivity index (χ0n) is 21.2. The number of benzene rings is 3. The summed E-state index contributed by atoms with van der Waals surface area (Å²) in [6.45, 7) is 3.02. The first-order valence-electron chi connectivity index (χ1n) is 12.1. The standard InChI is InChI=1S/C29H27NO8/c1-4-36-23-15-17(5-11-21(23)35-3)26-25(27(31)18-6-12-22-24(16-18)38-14-13-37-22)28(32)29(33)30(26)19-7-9-20(34-2)10-8-19/h5-12,15-16,26,31H,4,13-14H2,1-3H3/b27-25+. The van der Waals surface area contributed by atoms with Gasteiger partial charge >= 0.3 is 0 Å². The van der Waals surface area contributed by atoms with E-state index in [0.29, 0.717) is 65.4 Å². The Labute approximate surface area is 219 Å². The molecule has 1 saturated heterocycles. The van der Waals surface area contributed by atoms with E-state index in [1.807, 2.05) is 6.92 Å². The number of aliphatic hydroxyl groups excluding tert-OH is 1. The van der Waals surface area contributed by atoms with E-state index in [2.05, 4.69) is 0 Å². The van der Waals surface area contributed by atoms with Crippen LogP contribution in [0, 0.1) is 0 Å². The number of rotatable bonds is 7. The Bertz CT molecular complexity index is 1410. The van der Waals surface area contributed by atoms with Crippen LogP contribution in [0.1, 0.15) is 24.1 Å². The number of fused-ring (bicyclic) bond motifs is 1. The summed E-state index contributed by atoms with van der Waals surface area (Å²) in [5, 5.41) is 11.5. The minimum atomic E-state index is -0.943. The highest BCUT2D eigenvalue weighted by Gasteiger charge is 2.47. The molecule has 0 spiro atoms. The number of hydrogen-bond acceptors (Lipinski definition) is 8. The average molecular weight is 518 g/mol. The highest BCUT2D eigenvalue weighted by Crippen LogP contribution is 2.45. The van der Waals surface area contributed by atoms with Gasteiger partial charge in [0.2, 0.25) is 0 Å². The number of carbonyl (C=O) groups excluding carboxylic acids is 2. The molecule has 0 radical (unpaired) electrons. The van der Waals surface area contributed by atoms with E-state index in [-0.39, 0.29) is 11.3 Å². The predicted molar refractivity (Wildman–Crippen MR) is 139 cm³/mol. The van der Waals surface area contributed by atoms with Gasteiger partial charge in [0.05, 0.1) is 32.4 Å². The Balaban J connectivity index is 1.69. The Morgan fingerprint density at radius 2 is 1.66 bits per heavy atom. The molecule has 2 heterocycles. The number of nitrogens with zero attached hydrogens (tertiary/aromatic N) is 1. The van der Waals surface area contributed by atoms with Gasteiger partial charge in [0.15, 0.2) is 23.0 Å². The molecule has 0 aromatic heterocycles. The molecule has 1 unspecified atom stereocenters. The van der Waals surface area contributed by atoms with E-state index in [0.717, 1.165) is 0 Å². The van der Waals surface area contributed by atoms with Crippen LogP contribution in [-0.4, -0.2) is 50.8 Å². The molecule has 2 aliphatic heterocycles. The second-order valence-corrected chi connectivity index (χ2v) is 8.57. The van der Waals surface area contributed by atoms with Crippen molar-refractivity contribution in [1.82, 2.24) is 0 Å². The fourth-order valence-corrected chi connectivity index (χ4v) is 4.63. The Morgan fingerprint density at radius 3 is 2.34 bits per heavy atom. The molecule has 1 atom stereocenters. The molecule has 1 amide bonds. The maximum Gasteiger partial charge on any atom is 0.300 e. The van der Waals surface area contributed by atoms with Crippen LogP contribution in [0.2, 0.25) is 0 Å². The van der Waals surface area contributed by atoms with Crippen LogP contribution in [0.3, 0.4) is 0 Å². The number of ether oxygens (including phenoxy) is 5. The maximum atomic E-state index is 13.5. The topological polar surface area (TPSA) is 104 Å². The first kappa shape index (κ1) is 25.0. The second kappa shape index (κ2) is 10.4. The van der Waals surface area contributed by atoms with Gasteiger partial charge in [-0.2, -0.15) is 0 Å². The highest BCUT2D eigenvalue weighted by molar-refractivity contribution is 6.51. The highest BCUT2D eigenvalue weighted by atomic mass is 16.6. The number of methoxy groups -OCH3 is 2. The number of hydrogen-bond donors (Lipinski definition) is 1. The Hall–Kier alpha value is -4.66. The van der Waals surface area contributed by atoms with Crippen LogP contribution in [0.25, 0.3) is 5.76 Å². The zero-order chi connectivity index (χ0) is 26.8. The SMILES string of the molecule is CCOc1cc(C2/C(=C(\O)c3ccc4c(c3)OCCO4)C(=O)C(=O)N2c2ccc(OC)cc2)ccc1OC. The summed E-state index contributed by atoms with van der Waals surface area (Å²) in [4.78, 5) is 28.3. The summed E-state index contributed by atoms with van der Waals surface area (Å²) in [7, 11) is 3.07. The number of aliphatic hydroxyl groups is 1. The number of amides is 1. The molecule has 5 rings (SSSR count). The fourth-order valence-electron chi connectivity index (χ4n) is 4.63. The number of anilines is 1. The quantitative estimate of drug-likeness (QED) is 0.278. The Kier molecular flexibility index (Phi) is 6.83. The smallest absolute Gasteiger partial charge is 0.300 e. The van der Waals surface area contributed by atoms with E-state index in [1.165, 1.54) is 12.0 Å². The summed E-state index contributed by atoms with van der Waals surface area (Å²) >= 11 is 0. The van der Waals surface area contributed by atoms with Gasteiger partial charge < -0.3 is 28.8 Å². The van der Waals surface area contributed by atoms with Crippen molar-refractivity contribution in [1.29, 1.82) is 0 Å². The third-order valence-corrected chi connectivity index (χ3v) is 6.41. The number of ketones is 1. The lowest BCUT2D eigenvalue weighted by Gasteiger charge is -2.26. The van der Waals surface area contributed by atoms with E-state index in [9.17, 15) is 14.7 Å². The van der Waals surface area contributed by atoms with Crippen LogP contribution in [0.5, 0.6) is 28.7 Å². The molecule has 196 valence electrons. The first-order chi connectivity index (χ1) is 18.5. The predicted octanol–water partition coefficient (Wildman–Crippen LogP) is 4.50. The molecule has 9 heteroatoms. The van der Waals surface area contributed by atoms with Crippen molar-refractivity contribution in [2.45, 2.75) is 13.0 Å². The molecule has 0 saturated carbocycles. The zero-order valence-corrected chi connectivity index (χ0v) is 21.2. The summed E-state index contributed by atoms with van der Waals surface area (Å²) in [6, 6.07) is 15.9. The van der Waals surface area contributed by atoms with E-state index in [4.69, 9.17) is 23.7 Å². The minimum absolute atomic E-state index is 0.0601. The van der Waals surface area contributed by atoms with Gasteiger partial charge in [0.1, 0.15) is 24.7 Å². The van der Waals surface area contributed by atoms with E-state index >= 15 is 0 Å². The van der Waals surface area contributed by atoms with Crippen LogP contribution in [-0.2, 0) is 9.59 Å². The summed E-state index contributed by atoms with van der Waals surface area (Å²) in [5.74, 6) is 0.635. The molecule has 1 N–H and O–H groups in total. The normalized spacial score (nSPS) is 17.9. The molecule has 2 aliphatic rings. The van der Waals surface area contributed by atoms with E-state index in [1.54, 1.807) is 67.8 Å². The molecule has 38 heavy (non-hydrogen) atoms. The molecule has 0 aliphatic carbocycles. The molecule has 1 fully saturated rings. The average Bonchev–Trinajstić information content (AvgIpc) is 3.22. The molecule has 3 aromatic rings. The molecule has 0 bridgehead atoms. The van der Waals surface area contributed by atoms with Gasteiger partial charge in [-0.1, -0.05) is 6.07 Å². The van der Waals surface area contributed by atoms with Gasteiger partial charge in [-0.25, -0.2) is 0 Å². The van der Waals surface area contributed by atoms with Crippen LogP contribution >= 0.6 is 0 Å². The van der Waals surface area contributed by atoms with E-state index < -0.39 is 17.7 Å². The molecular formula is C29H27NO8. The van der Waals surface area contributed by atoms with Crippen LogP contribution in [0.15, 0.2) is 66.2 Å². The van der Waals surface area contributed by atoms with Crippen LogP contribution in [0.4, 0.5) is 5.69 Å². The second-order valence-electron chi connectivity index (χ2n) is 8.57. The monoisotopic (exact) mass is 517 g/mol. The third-order valence-electron chi connectivity index (χ3n) is 6.41. The summed E-state index contributed by atoms with van der Waals surface area (Å²) in [5.41, 5.74) is 1.29. The van der Waals surface area contributed by atoms with Crippen molar-refractivity contribution in [2.75, 3.05) is 38.9 Å². The van der Waals surface area contributed by atoms with Gasteiger partial charge in [0, 0.05) is 11.3 Å². The van der Waals surface area contributed by atoms with Crippen LogP contribution < -0.4 is 28.6 Å². The third kappa shape index (κ3) is 4.36. The lowest BCUT2D eigenvalue weighted by molar-refractivity contribution is -0.132.